The molecular formula is C12H19N5O2S. The van der Waals surface area contributed by atoms with Crippen LogP contribution in [0.4, 0.5) is 0 Å². The highest BCUT2D eigenvalue weighted by molar-refractivity contribution is 8.00. The number of imide groups is 1. The molecule has 0 saturated carbocycles. The van der Waals surface area contributed by atoms with Crippen molar-refractivity contribution < 1.29 is 9.59 Å². The van der Waals surface area contributed by atoms with E-state index in [4.69, 9.17) is 5.73 Å². The third-order valence-electron chi connectivity index (χ3n) is 3.15. The van der Waals surface area contributed by atoms with E-state index >= 15 is 0 Å². The van der Waals surface area contributed by atoms with Crippen LogP contribution in [0.5, 0.6) is 0 Å². The summed E-state index contributed by atoms with van der Waals surface area (Å²) < 4.78 is 1.88. The molecule has 1 aliphatic heterocycles. The number of nitrogens with zero attached hydrogens (tertiary/aromatic N) is 4. The van der Waals surface area contributed by atoms with Gasteiger partial charge in [-0.25, -0.2) is 0 Å². The molecule has 0 spiro atoms. The fourth-order valence-corrected chi connectivity index (χ4v) is 3.31. The molecule has 1 aromatic rings. The number of nitrogens with two attached hydrogens (primary N) is 1. The first-order valence-corrected chi connectivity index (χ1v) is 7.57. The van der Waals surface area contributed by atoms with E-state index in [0.717, 1.165) is 12.2 Å². The highest BCUT2D eigenvalue weighted by Crippen LogP contribution is 2.30. The van der Waals surface area contributed by atoms with Crippen LogP contribution in [0.2, 0.25) is 0 Å². The van der Waals surface area contributed by atoms with Crippen LogP contribution in [-0.2, 0) is 16.1 Å². The summed E-state index contributed by atoms with van der Waals surface area (Å²) in [7, 11) is 0. The highest BCUT2D eigenvalue weighted by atomic mass is 32.2. The van der Waals surface area contributed by atoms with Crippen molar-refractivity contribution in [1.82, 2.24) is 19.7 Å². The minimum Gasteiger partial charge on any atom is -0.329 e. The molecule has 1 unspecified atom stereocenters. The van der Waals surface area contributed by atoms with Crippen molar-refractivity contribution in [3.8, 4) is 0 Å². The van der Waals surface area contributed by atoms with Gasteiger partial charge in [-0.2, -0.15) is 0 Å². The van der Waals surface area contributed by atoms with Crippen molar-refractivity contribution >= 4 is 23.6 Å². The topological polar surface area (TPSA) is 94.1 Å². The standard InChI is InChI=1S/C12H19N5O2S/c1-3-5-17-10(18)7-9(11(17)19)20-12-15-14-8(2)16(12)6-4-13/h9H,3-7,13H2,1-2H3. The van der Waals surface area contributed by atoms with E-state index in [0.29, 0.717) is 24.8 Å². The monoisotopic (exact) mass is 297 g/mol. The van der Waals surface area contributed by atoms with Crippen molar-refractivity contribution in [2.75, 3.05) is 13.1 Å². The normalized spacial score (nSPS) is 19.1. The van der Waals surface area contributed by atoms with Gasteiger partial charge < -0.3 is 10.3 Å². The lowest BCUT2D eigenvalue weighted by molar-refractivity contribution is -0.138. The number of amides is 2. The summed E-state index contributed by atoms with van der Waals surface area (Å²) in [5, 5.41) is 8.33. The first kappa shape index (κ1) is 15.0. The van der Waals surface area contributed by atoms with E-state index in [-0.39, 0.29) is 18.2 Å². The second kappa shape index (κ2) is 6.36. The van der Waals surface area contributed by atoms with Crippen LogP contribution in [0.15, 0.2) is 5.16 Å². The molecule has 2 amide bonds. The summed E-state index contributed by atoms with van der Waals surface area (Å²) in [5.41, 5.74) is 5.56. The SMILES string of the molecule is CCCN1C(=O)CC(Sc2nnc(C)n2CCN)C1=O. The number of thioether (sulfide) groups is 1. The molecule has 1 fully saturated rings. The predicted octanol–water partition coefficient (Wildman–Crippen LogP) is 0.175. The van der Waals surface area contributed by atoms with Crippen LogP contribution in [0.3, 0.4) is 0 Å². The van der Waals surface area contributed by atoms with Gasteiger partial charge in [0.25, 0.3) is 0 Å². The number of likely N-dealkylation sites (tertiary alicyclic amines) is 1. The van der Waals surface area contributed by atoms with E-state index in [9.17, 15) is 9.59 Å². The Morgan fingerprint density at radius 3 is 2.75 bits per heavy atom. The molecule has 1 aromatic heterocycles. The average Bonchev–Trinajstić information content (AvgIpc) is 2.88. The van der Waals surface area contributed by atoms with Gasteiger partial charge >= 0.3 is 0 Å². The summed E-state index contributed by atoms with van der Waals surface area (Å²) in [5.74, 6) is 0.540. The first-order valence-electron chi connectivity index (χ1n) is 6.69. The van der Waals surface area contributed by atoms with Crippen molar-refractivity contribution in [2.45, 2.75) is 43.6 Å². The third-order valence-corrected chi connectivity index (χ3v) is 4.32. The predicted molar refractivity (Wildman–Crippen MR) is 75.1 cm³/mol. The van der Waals surface area contributed by atoms with Crippen LogP contribution < -0.4 is 5.73 Å². The Balaban J connectivity index is 2.11. The molecule has 2 rings (SSSR count). The van der Waals surface area contributed by atoms with Crippen molar-refractivity contribution in [2.24, 2.45) is 5.73 Å². The number of hydrogen-bond acceptors (Lipinski definition) is 6. The molecule has 7 nitrogen and oxygen atoms in total. The van der Waals surface area contributed by atoms with Crippen LogP contribution in [0, 0.1) is 6.92 Å². The maximum Gasteiger partial charge on any atom is 0.243 e. The first-order chi connectivity index (χ1) is 9.58. The zero-order chi connectivity index (χ0) is 14.7. The summed E-state index contributed by atoms with van der Waals surface area (Å²) in [4.78, 5) is 25.3. The maximum absolute atomic E-state index is 12.2. The number of carbonyl (C=O) groups is 2. The van der Waals surface area contributed by atoms with Crippen LogP contribution in [0.1, 0.15) is 25.6 Å². The second-order valence-electron chi connectivity index (χ2n) is 4.66. The van der Waals surface area contributed by atoms with Gasteiger partial charge in [-0.05, 0) is 13.3 Å². The van der Waals surface area contributed by atoms with Crippen LogP contribution in [-0.4, -0.2) is 49.8 Å². The van der Waals surface area contributed by atoms with Gasteiger partial charge in [-0.15, -0.1) is 10.2 Å². The zero-order valence-corrected chi connectivity index (χ0v) is 12.5. The molecule has 2 N–H and O–H groups in total. The molecule has 0 radical (unpaired) electrons. The van der Waals surface area contributed by atoms with E-state index in [1.165, 1.54) is 16.7 Å². The Kier molecular flexibility index (Phi) is 4.77. The molecule has 0 aromatic carbocycles. The lowest BCUT2D eigenvalue weighted by Crippen LogP contribution is -2.32. The van der Waals surface area contributed by atoms with E-state index in [1.807, 2.05) is 18.4 Å². The Bertz CT molecular complexity index is 516. The Morgan fingerprint density at radius 2 is 2.10 bits per heavy atom. The number of aromatic nitrogens is 3. The van der Waals surface area contributed by atoms with E-state index < -0.39 is 5.25 Å². The van der Waals surface area contributed by atoms with Gasteiger partial charge in [-0.1, -0.05) is 18.7 Å². The smallest absolute Gasteiger partial charge is 0.243 e. The van der Waals surface area contributed by atoms with Gasteiger partial charge in [0, 0.05) is 26.1 Å². The summed E-state index contributed by atoms with van der Waals surface area (Å²) >= 11 is 1.30. The summed E-state index contributed by atoms with van der Waals surface area (Å²) in [6, 6.07) is 0. The van der Waals surface area contributed by atoms with Gasteiger partial charge in [-0.3, -0.25) is 14.5 Å². The molecule has 110 valence electrons. The molecule has 2 heterocycles. The lowest BCUT2D eigenvalue weighted by atomic mass is 10.4. The molecule has 0 bridgehead atoms. The van der Waals surface area contributed by atoms with Crippen LogP contribution in [0.25, 0.3) is 0 Å². The van der Waals surface area contributed by atoms with Gasteiger partial charge in [0.2, 0.25) is 11.8 Å². The molecular weight excluding hydrogens is 278 g/mol. The molecule has 20 heavy (non-hydrogen) atoms. The average molecular weight is 297 g/mol. The number of carbonyl (C=O) groups excluding carboxylic acids is 2. The van der Waals surface area contributed by atoms with Crippen LogP contribution >= 0.6 is 11.8 Å². The quantitative estimate of drug-likeness (QED) is 0.753. The minimum absolute atomic E-state index is 0.101. The van der Waals surface area contributed by atoms with Crippen molar-refractivity contribution in [3.63, 3.8) is 0 Å². The summed E-state index contributed by atoms with van der Waals surface area (Å²) in [6.45, 7) is 5.36. The molecule has 8 heteroatoms. The second-order valence-corrected chi connectivity index (χ2v) is 5.83. The third kappa shape index (κ3) is 2.85. The van der Waals surface area contributed by atoms with Crippen molar-refractivity contribution in [3.05, 3.63) is 5.82 Å². The largest absolute Gasteiger partial charge is 0.329 e. The Hall–Kier alpha value is -1.41. The van der Waals surface area contributed by atoms with E-state index in [1.54, 1.807) is 0 Å². The van der Waals surface area contributed by atoms with Gasteiger partial charge in [0.15, 0.2) is 5.16 Å². The fourth-order valence-electron chi connectivity index (χ4n) is 2.17. The highest BCUT2D eigenvalue weighted by Gasteiger charge is 2.39. The summed E-state index contributed by atoms with van der Waals surface area (Å²) in [6.07, 6.45) is 1.01. The Labute approximate surface area is 121 Å². The minimum atomic E-state index is -0.394. The number of aryl methyl sites for hydroxylation is 1. The molecule has 1 atom stereocenters. The Morgan fingerprint density at radius 1 is 1.35 bits per heavy atom. The number of hydrogen-bond donors (Lipinski definition) is 1. The lowest BCUT2D eigenvalue weighted by Gasteiger charge is -2.13. The van der Waals surface area contributed by atoms with Gasteiger partial charge in [0.1, 0.15) is 11.1 Å². The number of rotatable bonds is 6. The maximum atomic E-state index is 12.2. The van der Waals surface area contributed by atoms with Gasteiger partial charge in [0.05, 0.1) is 0 Å². The molecule has 1 saturated heterocycles. The molecule has 1 aliphatic rings. The molecule has 0 aliphatic carbocycles. The van der Waals surface area contributed by atoms with Crippen molar-refractivity contribution in [1.29, 1.82) is 0 Å². The zero-order valence-electron chi connectivity index (χ0n) is 11.7. The van der Waals surface area contributed by atoms with E-state index in [2.05, 4.69) is 10.2 Å². The fraction of sp³-hybridized carbons (Fsp3) is 0.667.